The van der Waals surface area contributed by atoms with Crippen LogP contribution in [0.1, 0.15) is 28.5 Å². The molecule has 0 spiro atoms. The minimum Gasteiger partial charge on any atom is -0.360 e. The molecule has 11 heteroatoms. The van der Waals surface area contributed by atoms with Crippen molar-refractivity contribution in [3.8, 4) is 0 Å². The van der Waals surface area contributed by atoms with Crippen LogP contribution in [0.2, 0.25) is 0 Å². The number of amides is 2. The molecular weight excluding hydrogens is 422 g/mol. The Kier molecular flexibility index (Phi) is 5.36. The Bertz CT molecular complexity index is 1340. The van der Waals surface area contributed by atoms with Crippen molar-refractivity contribution >= 4 is 38.4 Å². The van der Waals surface area contributed by atoms with Gasteiger partial charge in [0.25, 0.3) is 5.91 Å². The summed E-state index contributed by atoms with van der Waals surface area (Å²) in [6.45, 7) is 1.38. The number of para-hydroxylation sites is 1. The Labute approximate surface area is 177 Å². The van der Waals surface area contributed by atoms with Crippen LogP contribution < -0.4 is 16.1 Å². The van der Waals surface area contributed by atoms with Gasteiger partial charge in [0.05, 0.1) is 29.8 Å². The number of nitrogens with one attached hydrogen (secondary N) is 3. The molecule has 2 aromatic heterocycles. The minimum absolute atomic E-state index is 0.0293. The SMILES string of the molecule is Cc1cc(NC(=O)CNC(=O)c2c[nH]c3ccccc3c2=O)n([C@@H]2CCS(=O)(=O)C2)n1. The number of nitrogens with zero attached hydrogens (tertiary/aromatic N) is 2. The monoisotopic (exact) mass is 443 g/mol. The first kappa shape index (κ1) is 20.8. The molecule has 2 amide bonds. The molecule has 162 valence electrons. The molecule has 3 N–H and O–H groups in total. The van der Waals surface area contributed by atoms with Gasteiger partial charge in [-0.1, -0.05) is 12.1 Å². The molecule has 3 heterocycles. The van der Waals surface area contributed by atoms with E-state index < -0.39 is 27.1 Å². The Balaban J connectivity index is 1.43. The maximum Gasteiger partial charge on any atom is 0.257 e. The maximum atomic E-state index is 12.5. The van der Waals surface area contributed by atoms with Crippen LogP contribution >= 0.6 is 0 Å². The second-order valence-corrected chi connectivity index (χ2v) is 9.71. The van der Waals surface area contributed by atoms with E-state index >= 15 is 0 Å². The molecule has 0 saturated carbocycles. The van der Waals surface area contributed by atoms with Gasteiger partial charge in [-0.3, -0.25) is 14.4 Å². The number of carbonyl (C=O) groups excluding carboxylic acids is 2. The summed E-state index contributed by atoms with van der Waals surface area (Å²) >= 11 is 0. The molecule has 10 nitrogen and oxygen atoms in total. The quantitative estimate of drug-likeness (QED) is 0.531. The van der Waals surface area contributed by atoms with Gasteiger partial charge in [0, 0.05) is 23.2 Å². The van der Waals surface area contributed by atoms with Gasteiger partial charge in [0.1, 0.15) is 11.4 Å². The number of H-pyrrole nitrogens is 1. The lowest BCUT2D eigenvalue weighted by atomic mass is 10.1. The third-order valence-corrected chi connectivity index (χ3v) is 6.87. The zero-order valence-corrected chi connectivity index (χ0v) is 17.5. The molecule has 1 aromatic carbocycles. The van der Waals surface area contributed by atoms with Crippen molar-refractivity contribution in [3.63, 3.8) is 0 Å². The van der Waals surface area contributed by atoms with Gasteiger partial charge < -0.3 is 15.6 Å². The van der Waals surface area contributed by atoms with E-state index in [1.165, 1.54) is 10.9 Å². The van der Waals surface area contributed by atoms with E-state index in [0.29, 0.717) is 28.8 Å². The highest BCUT2D eigenvalue weighted by Gasteiger charge is 2.31. The number of hydrogen-bond donors (Lipinski definition) is 3. The van der Waals surface area contributed by atoms with Crippen molar-refractivity contribution in [2.45, 2.75) is 19.4 Å². The molecule has 1 atom stereocenters. The first-order chi connectivity index (χ1) is 14.7. The van der Waals surface area contributed by atoms with E-state index in [0.717, 1.165) is 0 Å². The van der Waals surface area contributed by atoms with Crippen LogP contribution in [0.4, 0.5) is 5.82 Å². The van der Waals surface area contributed by atoms with Crippen molar-refractivity contribution in [1.82, 2.24) is 20.1 Å². The van der Waals surface area contributed by atoms with Crippen LogP contribution in [-0.4, -0.2) is 53.0 Å². The standard InChI is InChI=1S/C20H21N5O5S/c1-12-8-17(25(24-12)13-6-7-31(29,30)11-13)23-18(26)10-22-20(28)15-9-21-16-5-3-2-4-14(16)19(15)27/h2-5,8-9,13H,6-7,10-11H2,1H3,(H,21,27)(H,22,28)(H,23,26)/t13-/m1/s1. The predicted octanol–water partition coefficient (Wildman–Crippen LogP) is 0.761. The van der Waals surface area contributed by atoms with Crippen LogP contribution in [0, 0.1) is 6.92 Å². The van der Waals surface area contributed by atoms with E-state index in [-0.39, 0.29) is 29.7 Å². The first-order valence-corrected chi connectivity index (χ1v) is 11.5. The van der Waals surface area contributed by atoms with E-state index in [1.807, 2.05) is 0 Å². The highest BCUT2D eigenvalue weighted by atomic mass is 32.2. The molecule has 31 heavy (non-hydrogen) atoms. The number of fused-ring (bicyclic) bond motifs is 1. The summed E-state index contributed by atoms with van der Waals surface area (Å²) in [5.41, 5.74) is 0.720. The zero-order chi connectivity index (χ0) is 22.2. The Hall–Kier alpha value is -3.47. The van der Waals surface area contributed by atoms with Crippen molar-refractivity contribution < 1.29 is 18.0 Å². The molecule has 0 aliphatic carbocycles. The molecule has 4 rings (SSSR count). The van der Waals surface area contributed by atoms with Gasteiger partial charge in [0.15, 0.2) is 9.84 Å². The van der Waals surface area contributed by atoms with Crippen LogP contribution in [0.5, 0.6) is 0 Å². The molecular formula is C20H21N5O5S. The summed E-state index contributed by atoms with van der Waals surface area (Å²) in [4.78, 5) is 40.2. The first-order valence-electron chi connectivity index (χ1n) is 9.68. The number of benzene rings is 1. The second kappa shape index (κ2) is 7.99. The number of sulfone groups is 1. The normalized spacial score (nSPS) is 17.5. The zero-order valence-electron chi connectivity index (χ0n) is 16.7. The predicted molar refractivity (Wildman–Crippen MR) is 115 cm³/mol. The molecule has 1 saturated heterocycles. The van der Waals surface area contributed by atoms with Gasteiger partial charge in [-0.05, 0) is 25.5 Å². The van der Waals surface area contributed by atoms with Crippen molar-refractivity contribution in [3.05, 3.63) is 58.0 Å². The topological polar surface area (TPSA) is 143 Å². The van der Waals surface area contributed by atoms with E-state index in [1.54, 1.807) is 37.3 Å². The lowest BCUT2D eigenvalue weighted by molar-refractivity contribution is -0.115. The maximum absolute atomic E-state index is 12.5. The van der Waals surface area contributed by atoms with Crippen LogP contribution in [0.3, 0.4) is 0 Å². The van der Waals surface area contributed by atoms with E-state index in [4.69, 9.17) is 0 Å². The Morgan fingerprint density at radius 3 is 2.81 bits per heavy atom. The number of aromatic amines is 1. The highest BCUT2D eigenvalue weighted by Crippen LogP contribution is 2.27. The highest BCUT2D eigenvalue weighted by molar-refractivity contribution is 7.91. The summed E-state index contributed by atoms with van der Waals surface area (Å²) in [7, 11) is -3.11. The summed E-state index contributed by atoms with van der Waals surface area (Å²) < 4.78 is 25.1. The van der Waals surface area contributed by atoms with Crippen LogP contribution in [0.25, 0.3) is 10.9 Å². The van der Waals surface area contributed by atoms with Gasteiger partial charge >= 0.3 is 0 Å². The molecule has 1 fully saturated rings. The third-order valence-electron chi connectivity index (χ3n) is 5.12. The van der Waals surface area contributed by atoms with Crippen molar-refractivity contribution in [2.75, 3.05) is 23.4 Å². The average Bonchev–Trinajstić information content (AvgIpc) is 3.27. The lowest BCUT2D eigenvalue weighted by Gasteiger charge is -2.14. The number of carbonyl (C=O) groups is 2. The average molecular weight is 443 g/mol. The molecule has 1 aliphatic rings. The van der Waals surface area contributed by atoms with Crippen LogP contribution in [-0.2, 0) is 14.6 Å². The number of aryl methyl sites for hydroxylation is 1. The molecule has 0 unspecified atom stereocenters. The summed E-state index contributed by atoms with van der Waals surface area (Å²) in [6, 6.07) is 8.11. The van der Waals surface area contributed by atoms with Crippen LogP contribution in [0.15, 0.2) is 41.3 Å². The van der Waals surface area contributed by atoms with Gasteiger partial charge in [-0.15, -0.1) is 0 Å². The molecule has 3 aromatic rings. The van der Waals surface area contributed by atoms with E-state index in [9.17, 15) is 22.8 Å². The van der Waals surface area contributed by atoms with Gasteiger partial charge in [-0.25, -0.2) is 13.1 Å². The number of hydrogen-bond acceptors (Lipinski definition) is 6. The fraction of sp³-hybridized carbons (Fsp3) is 0.300. The molecule has 0 bridgehead atoms. The number of pyridine rings is 1. The number of aromatic nitrogens is 3. The summed E-state index contributed by atoms with van der Waals surface area (Å²) in [5, 5.41) is 9.77. The largest absolute Gasteiger partial charge is 0.360 e. The third kappa shape index (κ3) is 4.36. The van der Waals surface area contributed by atoms with Crippen molar-refractivity contribution in [1.29, 1.82) is 0 Å². The molecule has 1 aliphatic heterocycles. The summed E-state index contributed by atoms with van der Waals surface area (Å²) in [6.07, 6.45) is 1.74. The Morgan fingerprint density at radius 2 is 2.06 bits per heavy atom. The fourth-order valence-corrected chi connectivity index (χ4v) is 5.33. The van der Waals surface area contributed by atoms with Gasteiger partial charge in [-0.2, -0.15) is 5.10 Å². The Morgan fingerprint density at radius 1 is 1.29 bits per heavy atom. The molecule has 0 radical (unpaired) electrons. The fourth-order valence-electron chi connectivity index (χ4n) is 3.64. The minimum atomic E-state index is -3.11. The van der Waals surface area contributed by atoms with E-state index in [2.05, 4.69) is 20.7 Å². The number of anilines is 1. The summed E-state index contributed by atoms with van der Waals surface area (Å²) in [5.74, 6) is -0.776. The second-order valence-electron chi connectivity index (χ2n) is 7.48. The number of rotatable bonds is 5. The smallest absolute Gasteiger partial charge is 0.257 e. The van der Waals surface area contributed by atoms with Crippen molar-refractivity contribution in [2.24, 2.45) is 0 Å². The van der Waals surface area contributed by atoms with Gasteiger partial charge in [0.2, 0.25) is 11.3 Å². The lowest BCUT2D eigenvalue weighted by Crippen LogP contribution is -2.35.